The summed E-state index contributed by atoms with van der Waals surface area (Å²) in [7, 11) is 1.74. The van der Waals surface area contributed by atoms with E-state index in [1.165, 1.54) is 0 Å². The molecule has 0 spiro atoms. The van der Waals surface area contributed by atoms with Crippen LogP contribution in [0.25, 0.3) is 0 Å². The predicted octanol–water partition coefficient (Wildman–Crippen LogP) is 3.55. The number of amides is 1. The van der Waals surface area contributed by atoms with Gasteiger partial charge in [-0.25, -0.2) is 0 Å². The molecule has 0 saturated carbocycles. The summed E-state index contributed by atoms with van der Waals surface area (Å²) >= 11 is 0. The number of benzene rings is 1. The number of allylic oxidation sites excluding steroid dienone is 2. The third kappa shape index (κ3) is 3.81. The molecule has 0 aliphatic carbocycles. The largest absolute Gasteiger partial charge is 0.339 e. The van der Waals surface area contributed by atoms with Gasteiger partial charge in [-0.2, -0.15) is 0 Å². The van der Waals surface area contributed by atoms with Crippen molar-refractivity contribution < 1.29 is 4.79 Å². The fourth-order valence-electron chi connectivity index (χ4n) is 2.83. The van der Waals surface area contributed by atoms with Crippen LogP contribution in [0.5, 0.6) is 0 Å². The molecule has 1 aliphatic rings. The lowest BCUT2D eigenvalue weighted by Crippen LogP contribution is -2.41. The maximum atomic E-state index is 12.5. The zero-order valence-corrected chi connectivity index (χ0v) is 13.2. The Kier molecular flexibility index (Phi) is 4.94. The lowest BCUT2D eigenvalue weighted by Gasteiger charge is -2.37. The van der Waals surface area contributed by atoms with Gasteiger partial charge in [0.05, 0.1) is 0 Å². The number of aliphatic imine (C=N–C) groups is 1. The van der Waals surface area contributed by atoms with Gasteiger partial charge >= 0.3 is 0 Å². The van der Waals surface area contributed by atoms with E-state index in [0.717, 1.165) is 37.1 Å². The third-order valence-electron chi connectivity index (χ3n) is 4.20. The zero-order chi connectivity index (χ0) is 15.3. The monoisotopic (exact) mass is 284 g/mol. The van der Waals surface area contributed by atoms with E-state index in [4.69, 9.17) is 0 Å². The minimum Gasteiger partial charge on any atom is -0.339 e. The van der Waals surface area contributed by atoms with Crippen molar-refractivity contribution in [2.24, 2.45) is 10.4 Å². The van der Waals surface area contributed by atoms with Crippen molar-refractivity contribution >= 4 is 12.1 Å². The predicted molar refractivity (Wildman–Crippen MR) is 88.0 cm³/mol. The Morgan fingerprint density at radius 1 is 1.24 bits per heavy atom. The Bertz CT molecular complexity index is 535. The van der Waals surface area contributed by atoms with E-state index < -0.39 is 0 Å². The molecular formula is C18H24N2O. The van der Waals surface area contributed by atoms with Crippen molar-refractivity contribution in [1.82, 2.24) is 4.90 Å². The standard InChI is InChI=1S/C18H24N2O/c1-4-9-18(2)10-12-20(13-11-18)17(21)16-7-5-15(6-8-16)14-19-3/h4-9,14H,10-13H2,1-3H3. The molecule has 21 heavy (non-hydrogen) atoms. The second-order valence-corrected chi connectivity index (χ2v) is 5.96. The van der Waals surface area contributed by atoms with Crippen molar-refractivity contribution in [1.29, 1.82) is 0 Å². The van der Waals surface area contributed by atoms with Gasteiger partial charge in [0.15, 0.2) is 0 Å². The molecule has 1 amide bonds. The van der Waals surface area contributed by atoms with E-state index in [0.29, 0.717) is 0 Å². The van der Waals surface area contributed by atoms with Gasteiger partial charge in [-0.3, -0.25) is 9.79 Å². The number of rotatable bonds is 3. The van der Waals surface area contributed by atoms with Crippen LogP contribution in [0.2, 0.25) is 0 Å². The van der Waals surface area contributed by atoms with Gasteiger partial charge in [0.1, 0.15) is 0 Å². The number of carbonyl (C=O) groups excluding carboxylic acids is 1. The lowest BCUT2D eigenvalue weighted by molar-refractivity contribution is 0.0656. The van der Waals surface area contributed by atoms with Crippen LogP contribution >= 0.6 is 0 Å². The lowest BCUT2D eigenvalue weighted by atomic mass is 9.80. The van der Waals surface area contributed by atoms with Crippen LogP contribution in [0.15, 0.2) is 41.4 Å². The summed E-state index contributed by atoms with van der Waals surface area (Å²) in [6.07, 6.45) is 8.24. The first-order valence-corrected chi connectivity index (χ1v) is 7.53. The number of piperidine rings is 1. The van der Waals surface area contributed by atoms with Gasteiger partial charge in [-0.15, -0.1) is 0 Å². The molecule has 0 radical (unpaired) electrons. The van der Waals surface area contributed by atoms with Gasteiger partial charge in [-0.1, -0.05) is 31.2 Å². The van der Waals surface area contributed by atoms with E-state index in [2.05, 4.69) is 31.0 Å². The highest BCUT2D eigenvalue weighted by Gasteiger charge is 2.29. The summed E-state index contributed by atoms with van der Waals surface area (Å²) < 4.78 is 0. The Balaban J connectivity index is 2.01. The fourth-order valence-corrected chi connectivity index (χ4v) is 2.83. The van der Waals surface area contributed by atoms with E-state index in [1.54, 1.807) is 13.3 Å². The Morgan fingerprint density at radius 3 is 2.38 bits per heavy atom. The number of carbonyl (C=O) groups is 1. The van der Waals surface area contributed by atoms with Crippen LogP contribution < -0.4 is 0 Å². The molecule has 1 aliphatic heterocycles. The summed E-state index contributed by atoms with van der Waals surface area (Å²) in [6.45, 7) is 5.99. The highest BCUT2D eigenvalue weighted by molar-refractivity contribution is 5.95. The number of hydrogen-bond donors (Lipinski definition) is 0. The maximum absolute atomic E-state index is 12.5. The number of hydrogen-bond acceptors (Lipinski definition) is 2. The molecule has 1 saturated heterocycles. The van der Waals surface area contributed by atoms with Crippen molar-refractivity contribution in [3.8, 4) is 0 Å². The highest BCUT2D eigenvalue weighted by Crippen LogP contribution is 2.32. The fraction of sp³-hybridized carbons (Fsp3) is 0.444. The number of likely N-dealkylation sites (tertiary alicyclic amines) is 1. The Labute approximate surface area is 127 Å². The molecule has 112 valence electrons. The van der Waals surface area contributed by atoms with E-state index in [9.17, 15) is 4.79 Å². The SMILES string of the molecule is CC=CC1(C)CCN(C(=O)c2ccc(C=NC)cc2)CC1. The summed E-state index contributed by atoms with van der Waals surface area (Å²) in [6, 6.07) is 7.65. The molecule has 1 aromatic carbocycles. The molecule has 2 rings (SSSR count). The van der Waals surface area contributed by atoms with Crippen LogP contribution in [0, 0.1) is 5.41 Å². The molecule has 0 unspecified atom stereocenters. The second-order valence-electron chi connectivity index (χ2n) is 5.96. The van der Waals surface area contributed by atoms with E-state index >= 15 is 0 Å². The van der Waals surface area contributed by atoms with Gasteiger partial charge < -0.3 is 4.90 Å². The maximum Gasteiger partial charge on any atom is 0.253 e. The molecule has 3 nitrogen and oxygen atoms in total. The minimum absolute atomic E-state index is 0.137. The summed E-state index contributed by atoms with van der Waals surface area (Å²) in [4.78, 5) is 18.5. The van der Waals surface area contributed by atoms with Crippen molar-refractivity contribution in [2.75, 3.05) is 20.1 Å². The van der Waals surface area contributed by atoms with E-state index in [1.807, 2.05) is 29.2 Å². The third-order valence-corrected chi connectivity index (χ3v) is 4.20. The molecule has 0 N–H and O–H groups in total. The van der Waals surface area contributed by atoms with Gasteiger partial charge in [0.25, 0.3) is 5.91 Å². The van der Waals surface area contributed by atoms with Crippen molar-refractivity contribution in [2.45, 2.75) is 26.7 Å². The van der Waals surface area contributed by atoms with Crippen LogP contribution in [-0.4, -0.2) is 37.2 Å². The average molecular weight is 284 g/mol. The first-order valence-electron chi connectivity index (χ1n) is 7.53. The number of nitrogens with zero attached hydrogens (tertiary/aromatic N) is 2. The Morgan fingerprint density at radius 2 is 1.86 bits per heavy atom. The van der Waals surface area contributed by atoms with Gasteiger partial charge in [-0.05, 0) is 42.9 Å². The van der Waals surface area contributed by atoms with Crippen molar-refractivity contribution in [3.63, 3.8) is 0 Å². The molecule has 3 heteroatoms. The molecule has 0 bridgehead atoms. The topological polar surface area (TPSA) is 32.7 Å². The van der Waals surface area contributed by atoms with Gasteiger partial charge in [0.2, 0.25) is 0 Å². The summed E-state index contributed by atoms with van der Waals surface area (Å²) in [5.41, 5.74) is 2.03. The van der Waals surface area contributed by atoms with Crippen molar-refractivity contribution in [3.05, 3.63) is 47.5 Å². The zero-order valence-electron chi connectivity index (χ0n) is 13.2. The summed E-state index contributed by atoms with van der Waals surface area (Å²) in [5, 5.41) is 0. The Hall–Kier alpha value is -1.90. The normalized spacial score (nSPS) is 18.5. The van der Waals surface area contributed by atoms with Crippen LogP contribution in [0.1, 0.15) is 42.6 Å². The van der Waals surface area contributed by atoms with Crippen LogP contribution in [-0.2, 0) is 0 Å². The first kappa shape index (κ1) is 15.5. The minimum atomic E-state index is 0.137. The highest BCUT2D eigenvalue weighted by atomic mass is 16.2. The quantitative estimate of drug-likeness (QED) is 0.617. The second kappa shape index (κ2) is 6.70. The first-order chi connectivity index (χ1) is 10.1. The molecule has 0 atom stereocenters. The molecule has 1 aromatic rings. The average Bonchev–Trinajstić information content (AvgIpc) is 2.48. The molecule has 1 heterocycles. The van der Waals surface area contributed by atoms with Gasteiger partial charge in [0, 0.05) is 31.9 Å². The molecule has 1 fully saturated rings. The van der Waals surface area contributed by atoms with Crippen LogP contribution in [0.4, 0.5) is 0 Å². The molecule has 0 aromatic heterocycles. The smallest absolute Gasteiger partial charge is 0.253 e. The molecular weight excluding hydrogens is 260 g/mol. The summed E-state index contributed by atoms with van der Waals surface area (Å²) in [5.74, 6) is 0.137. The van der Waals surface area contributed by atoms with E-state index in [-0.39, 0.29) is 11.3 Å². The van der Waals surface area contributed by atoms with Crippen LogP contribution in [0.3, 0.4) is 0 Å².